The average molecular weight is 418 g/mol. The fourth-order valence-corrected chi connectivity index (χ4v) is 1.58. The van der Waals surface area contributed by atoms with E-state index in [1.54, 1.807) is 18.2 Å². The first-order chi connectivity index (χ1) is 16.3. The maximum absolute atomic E-state index is 9.20. The van der Waals surface area contributed by atoms with Crippen molar-refractivity contribution in [3.05, 3.63) is 23.8 Å². The summed E-state index contributed by atoms with van der Waals surface area (Å²) in [7, 11) is 1.52. The van der Waals surface area contributed by atoms with E-state index in [1.807, 2.05) is 0 Å². The minimum absolute atomic E-state index is 0.140. The lowest BCUT2D eigenvalue weighted by molar-refractivity contribution is 0.280. The van der Waals surface area contributed by atoms with Crippen molar-refractivity contribution in [1.29, 1.82) is 0 Å². The molecule has 0 aromatic heterocycles. The first kappa shape index (κ1) is 25.0. The van der Waals surface area contributed by atoms with Crippen LogP contribution < -0.4 is 9.47 Å². The Balaban J connectivity index is 2.49. The summed E-state index contributed by atoms with van der Waals surface area (Å²) < 4.78 is 10.3. The highest BCUT2D eigenvalue weighted by molar-refractivity contribution is 5.47. The first-order valence-corrected chi connectivity index (χ1v) is 8.71. The maximum Gasteiger partial charge on any atom is 0.144 e. The molecule has 0 heterocycles. The zero-order chi connectivity index (χ0) is 23.8. The predicted molar refractivity (Wildman–Crippen MR) is 126 cm³/mol. The highest BCUT2D eigenvalue weighted by Gasteiger charge is 2.00. The quantitative estimate of drug-likeness (QED) is 0.750. The van der Waals surface area contributed by atoms with Gasteiger partial charge in [0.05, 0.1) is 13.7 Å². The minimum Gasteiger partial charge on any atom is -0.497 e. The lowest BCUT2D eigenvalue weighted by atomic mass is 10.2. The van der Waals surface area contributed by atoms with E-state index in [2.05, 4.69) is 125 Å². The molecular formula is C30H10O3. The summed E-state index contributed by atoms with van der Waals surface area (Å²) in [5, 5.41) is 9.20. The molecule has 0 unspecified atom stereocenters. The molecule has 1 N–H and O–H groups in total. The second-order valence-corrected chi connectivity index (χ2v) is 4.90. The van der Waals surface area contributed by atoms with Gasteiger partial charge in [-0.05, 0) is 65.1 Å². The van der Waals surface area contributed by atoms with Gasteiger partial charge in [0.15, 0.2) is 0 Å². The van der Waals surface area contributed by atoms with Crippen LogP contribution in [0.15, 0.2) is 18.2 Å². The van der Waals surface area contributed by atoms with Gasteiger partial charge < -0.3 is 14.6 Å². The van der Waals surface area contributed by atoms with Crippen LogP contribution >= 0.6 is 0 Å². The number of hydrogen-bond donors (Lipinski definition) is 1. The molecule has 3 nitrogen and oxygen atoms in total. The molecule has 3 heteroatoms. The van der Waals surface area contributed by atoms with Gasteiger partial charge in [-0.3, -0.25) is 0 Å². The molecule has 0 aliphatic carbocycles. The summed E-state index contributed by atoms with van der Waals surface area (Å²) >= 11 is 0. The summed E-state index contributed by atoms with van der Waals surface area (Å²) in [6.45, 7) is -0.140. The maximum atomic E-state index is 9.20. The van der Waals surface area contributed by atoms with Gasteiger partial charge in [0, 0.05) is 77.1 Å². The third kappa shape index (κ3) is 13.7. The molecule has 0 radical (unpaired) electrons. The Labute approximate surface area is 194 Å². The molecule has 0 amide bonds. The van der Waals surface area contributed by atoms with Crippen molar-refractivity contribution in [2.45, 2.75) is 6.61 Å². The third-order valence-corrected chi connectivity index (χ3v) is 2.78. The van der Waals surface area contributed by atoms with Crippen LogP contribution in [0.1, 0.15) is 5.56 Å². The van der Waals surface area contributed by atoms with Crippen LogP contribution in [0.3, 0.4) is 0 Å². The van der Waals surface area contributed by atoms with E-state index in [0.717, 1.165) is 0 Å². The Morgan fingerprint density at radius 3 is 1.39 bits per heavy atom. The molecule has 0 bridgehead atoms. The molecule has 33 heavy (non-hydrogen) atoms. The summed E-state index contributed by atoms with van der Waals surface area (Å²) in [5.41, 5.74) is 0.642. The van der Waals surface area contributed by atoms with Crippen molar-refractivity contribution < 1.29 is 14.6 Å². The van der Waals surface area contributed by atoms with Crippen LogP contribution in [0.4, 0.5) is 0 Å². The van der Waals surface area contributed by atoms with E-state index in [4.69, 9.17) is 15.9 Å². The smallest absolute Gasteiger partial charge is 0.144 e. The van der Waals surface area contributed by atoms with Crippen LogP contribution in [0.5, 0.6) is 11.5 Å². The topological polar surface area (TPSA) is 38.7 Å². The number of methoxy groups -OCH3 is 1. The monoisotopic (exact) mass is 418 g/mol. The van der Waals surface area contributed by atoms with Gasteiger partial charge in [-0.2, -0.15) is 0 Å². The molecule has 0 aliphatic heterocycles. The zero-order valence-corrected chi connectivity index (χ0v) is 17.3. The van der Waals surface area contributed by atoms with Crippen molar-refractivity contribution in [2.24, 2.45) is 0 Å². The molecule has 0 aliphatic rings. The predicted octanol–water partition coefficient (Wildman–Crippen LogP) is 1.19. The van der Waals surface area contributed by atoms with Crippen molar-refractivity contribution in [3.8, 4) is 142 Å². The van der Waals surface area contributed by atoms with Crippen LogP contribution in [0.25, 0.3) is 0 Å². The number of rotatable bonds is 3. The average Bonchev–Trinajstić information content (AvgIpc) is 2.84. The van der Waals surface area contributed by atoms with Gasteiger partial charge in [0.25, 0.3) is 0 Å². The van der Waals surface area contributed by atoms with Gasteiger partial charge in [0.2, 0.25) is 0 Å². The van der Waals surface area contributed by atoms with Crippen LogP contribution in [-0.4, -0.2) is 12.2 Å². The summed E-state index contributed by atoms with van der Waals surface area (Å²) in [6, 6.07) is 4.97. The molecule has 0 saturated carbocycles. The van der Waals surface area contributed by atoms with E-state index in [9.17, 15) is 5.11 Å². The molecule has 0 fully saturated rings. The SMILES string of the molecule is C#CC#CC#CC#CC#CC#CC#CC#CC#CC#CC#COc1cc(CO)cc(OC)c1. The Bertz CT molecular complexity index is 1540. The van der Waals surface area contributed by atoms with Gasteiger partial charge in [0.1, 0.15) is 17.6 Å². The van der Waals surface area contributed by atoms with E-state index < -0.39 is 0 Å². The van der Waals surface area contributed by atoms with Gasteiger partial charge in [-0.15, -0.1) is 6.42 Å². The number of hydrogen-bond acceptors (Lipinski definition) is 3. The second kappa shape index (κ2) is 18.0. The highest BCUT2D eigenvalue weighted by Crippen LogP contribution is 2.22. The zero-order valence-electron chi connectivity index (χ0n) is 17.3. The molecule has 1 aromatic rings. The van der Waals surface area contributed by atoms with Crippen molar-refractivity contribution in [3.63, 3.8) is 0 Å². The first-order valence-electron chi connectivity index (χ1n) is 8.71. The molecule has 0 saturated heterocycles. The molecule has 0 spiro atoms. The summed E-state index contributed by atoms with van der Waals surface area (Å²) in [5.74, 6) is 50.1. The number of aliphatic hydroxyl groups is 1. The van der Waals surface area contributed by atoms with Gasteiger partial charge >= 0.3 is 0 Å². The summed E-state index contributed by atoms with van der Waals surface area (Å²) in [6.07, 6.45) is 7.35. The van der Waals surface area contributed by atoms with Gasteiger partial charge in [-0.25, -0.2) is 0 Å². The molecular weight excluding hydrogens is 408 g/mol. The largest absolute Gasteiger partial charge is 0.497 e. The number of benzene rings is 1. The van der Waals surface area contributed by atoms with Crippen LogP contribution in [-0.2, 0) is 6.61 Å². The van der Waals surface area contributed by atoms with Crippen molar-refractivity contribution >= 4 is 0 Å². The number of ether oxygens (including phenoxy) is 2. The van der Waals surface area contributed by atoms with E-state index in [-0.39, 0.29) is 6.61 Å². The lowest BCUT2D eigenvalue weighted by Crippen LogP contribution is -1.90. The normalized spacial score (nSPS) is 5.97. The van der Waals surface area contributed by atoms with Crippen molar-refractivity contribution in [1.82, 2.24) is 0 Å². The number of aliphatic hydroxyl groups excluding tert-OH is 1. The van der Waals surface area contributed by atoms with Gasteiger partial charge in [-0.1, -0.05) is 0 Å². The van der Waals surface area contributed by atoms with E-state index >= 15 is 0 Å². The number of terminal acetylenes is 1. The highest BCUT2D eigenvalue weighted by atomic mass is 16.5. The fourth-order valence-electron chi connectivity index (χ4n) is 1.58. The summed E-state index contributed by atoms with van der Waals surface area (Å²) in [4.78, 5) is 0. The Kier molecular flexibility index (Phi) is 13.6. The van der Waals surface area contributed by atoms with Crippen LogP contribution in [0.2, 0.25) is 0 Å². The Morgan fingerprint density at radius 1 is 0.606 bits per heavy atom. The Hall–Kier alpha value is -6.06. The van der Waals surface area contributed by atoms with E-state index in [0.29, 0.717) is 17.1 Å². The minimum atomic E-state index is -0.140. The van der Waals surface area contributed by atoms with E-state index in [1.165, 1.54) is 7.11 Å². The van der Waals surface area contributed by atoms with Crippen LogP contribution in [0, 0.1) is 131 Å². The molecule has 1 aromatic carbocycles. The fraction of sp³-hybridized carbons (Fsp3) is 0.0667. The standard InChI is InChI=1S/C30H10O3/c1-3-4-5-6-7-8-9-10-11-12-13-14-15-16-17-18-19-20-21-22-23-33-30-25-28(27-31)24-29(26-30)32-2/h1,24-26,31H,27H2,2H3. The third-order valence-electron chi connectivity index (χ3n) is 2.78. The Morgan fingerprint density at radius 2 is 1.00 bits per heavy atom. The molecule has 1 rings (SSSR count). The van der Waals surface area contributed by atoms with Crippen molar-refractivity contribution in [2.75, 3.05) is 7.11 Å². The molecule has 0 atom stereocenters. The second-order valence-electron chi connectivity index (χ2n) is 4.90. The molecule has 148 valence electrons. The lowest BCUT2D eigenvalue weighted by Gasteiger charge is -2.05.